The Morgan fingerprint density at radius 1 is 1.15 bits per heavy atom. The summed E-state index contributed by atoms with van der Waals surface area (Å²) in [5, 5.41) is 3.46. The number of hydrogen-bond acceptors (Lipinski definition) is 5. The maximum Gasteiger partial charge on any atom is 0.225 e. The van der Waals surface area contributed by atoms with Gasteiger partial charge in [0.05, 0.1) is 6.61 Å². The third kappa shape index (κ3) is 4.86. The van der Waals surface area contributed by atoms with Gasteiger partial charge in [0, 0.05) is 31.1 Å². The van der Waals surface area contributed by atoms with Crippen LogP contribution in [0.3, 0.4) is 0 Å². The predicted octanol–water partition coefficient (Wildman–Crippen LogP) is 3.49. The van der Waals surface area contributed by atoms with E-state index in [1.807, 2.05) is 13.0 Å². The highest BCUT2D eigenvalue weighted by molar-refractivity contribution is 5.79. The van der Waals surface area contributed by atoms with E-state index in [0.29, 0.717) is 24.4 Å². The second-order valence-electron chi connectivity index (χ2n) is 7.54. The highest BCUT2D eigenvalue weighted by Crippen LogP contribution is 2.32. The quantitative estimate of drug-likeness (QED) is 0.841. The molecule has 0 radical (unpaired) electrons. The Balaban J connectivity index is 1.45. The molecule has 1 N–H and O–H groups in total. The van der Waals surface area contributed by atoms with Gasteiger partial charge in [-0.3, -0.25) is 4.79 Å². The first kappa shape index (κ1) is 18.9. The summed E-state index contributed by atoms with van der Waals surface area (Å²) in [5.74, 6) is 2.88. The summed E-state index contributed by atoms with van der Waals surface area (Å²) in [7, 11) is 0. The summed E-state index contributed by atoms with van der Waals surface area (Å²) >= 11 is 0. The minimum Gasteiger partial charge on any atom is -0.478 e. The van der Waals surface area contributed by atoms with E-state index in [4.69, 9.17) is 4.74 Å². The smallest absolute Gasteiger partial charge is 0.225 e. The number of carbonyl (C=O) groups excluding carboxylic acids is 1. The van der Waals surface area contributed by atoms with Gasteiger partial charge >= 0.3 is 0 Å². The molecule has 1 saturated carbocycles. The minimum atomic E-state index is 0.262. The van der Waals surface area contributed by atoms with Crippen molar-refractivity contribution in [2.45, 2.75) is 64.8 Å². The third-order valence-corrected chi connectivity index (χ3v) is 5.87. The van der Waals surface area contributed by atoms with Gasteiger partial charge in [-0.25, -0.2) is 9.97 Å². The van der Waals surface area contributed by atoms with E-state index in [1.165, 1.54) is 25.6 Å². The van der Waals surface area contributed by atoms with Gasteiger partial charge in [0.2, 0.25) is 11.8 Å². The van der Waals surface area contributed by atoms with Crippen LogP contribution in [0.1, 0.15) is 58.8 Å². The Morgan fingerprint density at radius 2 is 1.88 bits per heavy atom. The van der Waals surface area contributed by atoms with Crippen molar-refractivity contribution in [2.24, 2.45) is 11.8 Å². The molecule has 1 amide bonds. The van der Waals surface area contributed by atoms with E-state index in [0.717, 1.165) is 50.5 Å². The summed E-state index contributed by atoms with van der Waals surface area (Å²) < 4.78 is 5.42. The van der Waals surface area contributed by atoms with Crippen molar-refractivity contribution in [2.75, 3.05) is 25.0 Å². The molecule has 1 aromatic heterocycles. The number of amides is 1. The molecular formula is C20H32N4O2. The van der Waals surface area contributed by atoms with Crippen molar-refractivity contribution in [1.82, 2.24) is 14.9 Å². The maximum atomic E-state index is 12.8. The predicted molar refractivity (Wildman–Crippen MR) is 102 cm³/mol. The van der Waals surface area contributed by atoms with E-state index in [1.54, 1.807) is 0 Å². The van der Waals surface area contributed by atoms with Crippen LogP contribution in [0.15, 0.2) is 12.4 Å². The first-order chi connectivity index (χ1) is 12.7. The van der Waals surface area contributed by atoms with Crippen LogP contribution >= 0.6 is 0 Å². The Morgan fingerprint density at radius 3 is 2.54 bits per heavy atom. The van der Waals surface area contributed by atoms with E-state index in [-0.39, 0.29) is 5.92 Å². The molecule has 0 atom stereocenters. The van der Waals surface area contributed by atoms with Crippen LogP contribution in [-0.2, 0) is 4.79 Å². The first-order valence-corrected chi connectivity index (χ1v) is 10.2. The Labute approximate surface area is 156 Å². The van der Waals surface area contributed by atoms with Crippen molar-refractivity contribution < 1.29 is 9.53 Å². The zero-order valence-corrected chi connectivity index (χ0v) is 16.1. The molecule has 0 unspecified atom stereocenters. The summed E-state index contributed by atoms with van der Waals surface area (Å²) in [4.78, 5) is 23.3. The van der Waals surface area contributed by atoms with Crippen molar-refractivity contribution in [3.05, 3.63) is 12.4 Å². The van der Waals surface area contributed by atoms with Gasteiger partial charge in [-0.1, -0.05) is 13.3 Å². The van der Waals surface area contributed by atoms with Crippen LogP contribution in [-0.4, -0.2) is 46.5 Å². The average molecular weight is 361 g/mol. The molecule has 2 heterocycles. The second kappa shape index (κ2) is 9.19. The van der Waals surface area contributed by atoms with Crippen LogP contribution in [0.25, 0.3) is 0 Å². The molecule has 1 aliphatic carbocycles. The monoisotopic (exact) mass is 360 g/mol. The standard InChI is InChI=1S/C20H32N4O2/c1-3-15-5-7-16(8-6-15)20(25)24-11-9-17(10-12-24)23-18-13-19(26-4-2)22-14-21-18/h13-17H,3-12H2,1-2H3,(H,21,22,23). The molecule has 6 nitrogen and oxygen atoms in total. The largest absolute Gasteiger partial charge is 0.478 e. The fourth-order valence-electron chi connectivity index (χ4n) is 4.17. The zero-order valence-electron chi connectivity index (χ0n) is 16.1. The van der Waals surface area contributed by atoms with E-state index >= 15 is 0 Å². The molecule has 26 heavy (non-hydrogen) atoms. The fourth-order valence-corrected chi connectivity index (χ4v) is 4.17. The molecule has 6 heteroatoms. The number of carbonyl (C=O) groups is 1. The zero-order chi connectivity index (χ0) is 18.4. The summed E-state index contributed by atoms with van der Waals surface area (Å²) in [5.41, 5.74) is 0. The normalized spacial score (nSPS) is 24.3. The Kier molecular flexibility index (Phi) is 6.69. The van der Waals surface area contributed by atoms with Gasteiger partial charge in [-0.2, -0.15) is 0 Å². The molecular weight excluding hydrogens is 328 g/mol. The first-order valence-electron chi connectivity index (χ1n) is 10.2. The van der Waals surface area contributed by atoms with Crippen molar-refractivity contribution in [1.29, 1.82) is 0 Å². The Hall–Kier alpha value is -1.85. The summed E-state index contributed by atoms with van der Waals surface area (Å²) in [6.45, 7) is 6.48. The fraction of sp³-hybridized carbons (Fsp3) is 0.750. The molecule has 1 saturated heterocycles. The molecule has 144 valence electrons. The van der Waals surface area contributed by atoms with Gasteiger partial charge < -0.3 is 15.0 Å². The van der Waals surface area contributed by atoms with Crippen LogP contribution in [0.5, 0.6) is 5.88 Å². The second-order valence-corrected chi connectivity index (χ2v) is 7.54. The van der Waals surface area contributed by atoms with Crippen molar-refractivity contribution >= 4 is 11.7 Å². The topological polar surface area (TPSA) is 67.3 Å². The number of nitrogens with one attached hydrogen (secondary N) is 1. The van der Waals surface area contributed by atoms with Gasteiger partial charge in [0.25, 0.3) is 0 Å². The van der Waals surface area contributed by atoms with Crippen LogP contribution in [0.4, 0.5) is 5.82 Å². The molecule has 1 aliphatic heterocycles. The maximum absolute atomic E-state index is 12.8. The molecule has 0 spiro atoms. The van der Waals surface area contributed by atoms with Gasteiger partial charge in [-0.15, -0.1) is 0 Å². The van der Waals surface area contributed by atoms with Gasteiger partial charge in [-0.05, 0) is 51.4 Å². The van der Waals surface area contributed by atoms with Crippen LogP contribution in [0, 0.1) is 11.8 Å². The number of likely N-dealkylation sites (tertiary alicyclic amines) is 1. The van der Waals surface area contributed by atoms with Gasteiger partial charge in [0.1, 0.15) is 12.1 Å². The van der Waals surface area contributed by atoms with E-state index in [2.05, 4.69) is 27.1 Å². The summed E-state index contributed by atoms with van der Waals surface area (Å²) in [6, 6.07) is 2.19. The molecule has 1 aromatic rings. The van der Waals surface area contributed by atoms with Crippen LogP contribution < -0.4 is 10.1 Å². The van der Waals surface area contributed by atoms with Crippen molar-refractivity contribution in [3.8, 4) is 5.88 Å². The SMILES string of the molecule is CCOc1cc(NC2CCN(C(=O)C3CCC(CC)CC3)CC2)ncn1. The Bertz CT molecular complexity index is 579. The molecule has 0 bridgehead atoms. The lowest BCUT2D eigenvalue weighted by Crippen LogP contribution is -2.45. The third-order valence-electron chi connectivity index (χ3n) is 5.87. The van der Waals surface area contributed by atoms with Crippen molar-refractivity contribution in [3.63, 3.8) is 0 Å². The molecule has 2 aliphatic rings. The van der Waals surface area contributed by atoms with Crippen LogP contribution in [0.2, 0.25) is 0 Å². The van der Waals surface area contributed by atoms with E-state index < -0.39 is 0 Å². The van der Waals surface area contributed by atoms with E-state index in [9.17, 15) is 4.79 Å². The lowest BCUT2D eigenvalue weighted by Gasteiger charge is -2.36. The van der Waals surface area contributed by atoms with Gasteiger partial charge in [0.15, 0.2) is 0 Å². The number of anilines is 1. The summed E-state index contributed by atoms with van der Waals surface area (Å²) in [6.07, 6.45) is 9.31. The number of nitrogens with zero attached hydrogens (tertiary/aromatic N) is 3. The molecule has 2 fully saturated rings. The number of piperidine rings is 1. The number of ether oxygens (including phenoxy) is 1. The highest BCUT2D eigenvalue weighted by Gasteiger charge is 2.31. The average Bonchev–Trinajstić information content (AvgIpc) is 2.69. The number of hydrogen-bond donors (Lipinski definition) is 1. The minimum absolute atomic E-state index is 0.262. The lowest BCUT2D eigenvalue weighted by molar-refractivity contribution is -0.137. The number of aromatic nitrogens is 2. The molecule has 3 rings (SSSR count). The molecule has 0 aromatic carbocycles. The highest BCUT2D eigenvalue weighted by atomic mass is 16.5. The lowest BCUT2D eigenvalue weighted by atomic mass is 9.80. The number of rotatable bonds is 6.